The maximum absolute atomic E-state index is 13.5. The van der Waals surface area contributed by atoms with Crippen molar-refractivity contribution in [1.82, 2.24) is 41.2 Å². The van der Waals surface area contributed by atoms with Gasteiger partial charge in [-0.25, -0.2) is 14.8 Å². The zero-order valence-corrected chi connectivity index (χ0v) is 30.8. The van der Waals surface area contributed by atoms with E-state index >= 15 is 0 Å². The van der Waals surface area contributed by atoms with E-state index in [0.717, 1.165) is 0 Å². The van der Waals surface area contributed by atoms with Gasteiger partial charge < -0.3 is 57.9 Å². The van der Waals surface area contributed by atoms with Crippen LogP contribution >= 0.6 is 0 Å². The van der Waals surface area contributed by atoms with Gasteiger partial charge in [-0.15, -0.1) is 0 Å². The Bertz CT molecular complexity index is 2140. The molecule has 0 aliphatic heterocycles. The quantitative estimate of drug-likeness (QED) is 0.0465. The van der Waals surface area contributed by atoms with Crippen molar-refractivity contribution in [2.45, 2.75) is 82.1 Å². The van der Waals surface area contributed by atoms with Crippen molar-refractivity contribution in [1.29, 1.82) is 0 Å². The summed E-state index contributed by atoms with van der Waals surface area (Å²) in [6.45, 7) is 0.0903. The molecule has 0 saturated heterocycles. The van der Waals surface area contributed by atoms with E-state index in [2.05, 4.69) is 41.2 Å². The smallest absolute Gasteiger partial charge is 0.326 e. The number of nitrogens with one attached hydrogen (secondary N) is 6. The predicted octanol–water partition coefficient (Wildman–Crippen LogP) is -2.00. The highest BCUT2D eigenvalue weighted by Gasteiger charge is 2.32. The van der Waals surface area contributed by atoms with E-state index in [-0.39, 0.29) is 29.2 Å². The molecule has 0 aliphatic carbocycles. The van der Waals surface area contributed by atoms with E-state index in [1.807, 2.05) is 5.32 Å². The number of hydrogen-bond donors (Lipinski definition) is 12. The molecule has 2 heterocycles. The molecule has 25 nitrogen and oxygen atoms in total. The Morgan fingerprint density at radius 3 is 1.53 bits per heavy atom. The van der Waals surface area contributed by atoms with Crippen molar-refractivity contribution in [3.63, 3.8) is 0 Å². The van der Waals surface area contributed by atoms with Crippen molar-refractivity contribution >= 4 is 76.3 Å². The second-order valence-corrected chi connectivity index (χ2v) is 12.7. The number of nitrogens with two attached hydrogens (primary N) is 1. The van der Waals surface area contributed by atoms with E-state index < -0.39 is 135 Å². The van der Waals surface area contributed by atoms with Crippen LogP contribution in [0.15, 0.2) is 35.3 Å². The molecule has 3 aromatic rings. The number of amides is 4. The van der Waals surface area contributed by atoms with Crippen LogP contribution in [0, 0.1) is 0 Å². The number of rotatable bonds is 24. The Morgan fingerprint density at radius 2 is 1.07 bits per heavy atom. The van der Waals surface area contributed by atoms with Crippen molar-refractivity contribution in [2.75, 3.05) is 11.1 Å². The number of anilines is 2. The second-order valence-electron chi connectivity index (χ2n) is 12.7. The molecule has 0 radical (unpaired) electrons. The summed E-state index contributed by atoms with van der Waals surface area (Å²) >= 11 is 0. The Kier molecular flexibility index (Phi) is 16.7. The number of aromatic amines is 1. The van der Waals surface area contributed by atoms with Crippen molar-refractivity contribution in [3.8, 4) is 0 Å². The maximum Gasteiger partial charge on any atom is 0.326 e. The first-order valence-electron chi connectivity index (χ1n) is 17.5. The van der Waals surface area contributed by atoms with Gasteiger partial charge in [-0.05, 0) is 49.9 Å². The van der Waals surface area contributed by atoms with Crippen LogP contribution in [0.5, 0.6) is 0 Å². The Morgan fingerprint density at radius 1 is 0.627 bits per heavy atom. The van der Waals surface area contributed by atoms with Gasteiger partial charge in [0.15, 0.2) is 11.2 Å². The fourth-order valence-corrected chi connectivity index (χ4v) is 5.18. The highest BCUT2D eigenvalue weighted by molar-refractivity contribution is 5.99. The van der Waals surface area contributed by atoms with Gasteiger partial charge in [0.25, 0.3) is 11.5 Å². The second kappa shape index (κ2) is 21.5. The summed E-state index contributed by atoms with van der Waals surface area (Å²) < 4.78 is 0. The average molecular weight is 829 g/mol. The topological polar surface area (TPSA) is 412 Å². The van der Waals surface area contributed by atoms with Gasteiger partial charge in [0.1, 0.15) is 24.2 Å². The third kappa shape index (κ3) is 15.0. The monoisotopic (exact) mass is 828 g/mol. The lowest BCUT2D eigenvalue weighted by Gasteiger charge is -2.25. The first-order valence-corrected chi connectivity index (χ1v) is 17.5. The summed E-state index contributed by atoms with van der Waals surface area (Å²) in [6.07, 6.45) is -3.71. The number of nitrogens with zero attached hydrogens (tertiary/aromatic N) is 3. The number of aromatic nitrogens is 4. The minimum atomic E-state index is -1.77. The first kappa shape index (κ1) is 45.7. The zero-order chi connectivity index (χ0) is 43.8. The predicted molar refractivity (Wildman–Crippen MR) is 198 cm³/mol. The molecule has 0 saturated carbocycles. The number of nitrogen functional groups attached to an aromatic ring is 1. The molecule has 0 spiro atoms. The molecule has 1 aromatic carbocycles. The fourth-order valence-electron chi connectivity index (χ4n) is 5.18. The molecule has 316 valence electrons. The Hall–Kier alpha value is -7.73. The van der Waals surface area contributed by atoms with Crippen LogP contribution < -0.4 is 37.9 Å². The number of benzene rings is 1. The van der Waals surface area contributed by atoms with Gasteiger partial charge >= 0.3 is 29.8 Å². The van der Waals surface area contributed by atoms with Gasteiger partial charge in [0, 0.05) is 36.9 Å². The summed E-state index contributed by atoms with van der Waals surface area (Å²) in [5.41, 5.74) is 5.78. The summed E-state index contributed by atoms with van der Waals surface area (Å²) in [5, 5.41) is 57.9. The normalized spacial score (nSPS) is 12.8. The third-order valence-corrected chi connectivity index (χ3v) is 8.20. The van der Waals surface area contributed by atoms with Gasteiger partial charge in [-0.3, -0.25) is 48.1 Å². The molecule has 3 rings (SSSR count). The molecule has 59 heavy (non-hydrogen) atoms. The van der Waals surface area contributed by atoms with Crippen molar-refractivity contribution in [2.24, 2.45) is 0 Å². The number of aliphatic carboxylic acids is 5. The van der Waals surface area contributed by atoms with Gasteiger partial charge in [0.2, 0.25) is 23.7 Å². The molecule has 4 atom stereocenters. The van der Waals surface area contributed by atoms with Crippen LogP contribution in [0.3, 0.4) is 0 Å². The molecule has 0 fully saturated rings. The lowest BCUT2D eigenvalue weighted by molar-refractivity contribution is -0.144. The number of carboxylic acid groups (broad SMARTS) is 5. The molecule has 2 aromatic heterocycles. The lowest BCUT2D eigenvalue weighted by atomic mass is 10.0. The number of hydrogen-bond acceptors (Lipinski definition) is 15. The molecule has 0 bridgehead atoms. The van der Waals surface area contributed by atoms with Crippen LogP contribution in [0.2, 0.25) is 0 Å². The third-order valence-electron chi connectivity index (χ3n) is 8.20. The molecule has 0 unspecified atom stereocenters. The van der Waals surface area contributed by atoms with E-state index in [4.69, 9.17) is 10.8 Å². The molecule has 4 amide bonds. The lowest BCUT2D eigenvalue weighted by Crippen LogP contribution is -2.58. The number of fused-ring (bicyclic) bond motifs is 1. The SMILES string of the molecule is Nc1nc2ncc(CNc3ccc(C(=O)N[C@@H](CCC(=O)O)C(=O)N[C@@H](CCC(=O)O)C(=O)N[C@@H](CCC(=O)O)C(=O)N[C@@H](CCC(=O)O)C(=O)O)cc3)nc2c(=O)[nH]1. The van der Waals surface area contributed by atoms with Gasteiger partial charge in [-0.1, -0.05) is 0 Å². The van der Waals surface area contributed by atoms with Crippen molar-refractivity contribution < 1.29 is 68.7 Å². The fraction of sp³-hybridized carbons (Fsp3) is 0.382. The number of H-pyrrole nitrogens is 1. The first-order chi connectivity index (χ1) is 27.8. The van der Waals surface area contributed by atoms with Gasteiger partial charge in [0.05, 0.1) is 18.4 Å². The van der Waals surface area contributed by atoms with Crippen LogP contribution in [0.4, 0.5) is 11.6 Å². The Balaban J connectivity index is 1.75. The summed E-state index contributed by atoms with van der Waals surface area (Å²) in [7, 11) is 0. The van der Waals surface area contributed by atoms with Crippen LogP contribution in [0.1, 0.15) is 67.4 Å². The average Bonchev–Trinajstić information content (AvgIpc) is 3.16. The standard InChI is InChI=1S/C34H40N10O15/c35-34-43-27-26(32(57)44-34)38-17(14-37-27)13-36-16-3-1-15(2-4-16)28(53)39-18(5-9-22(45)46)29(54)40-19(6-10-23(47)48)30(55)41-20(7-11-24(49)50)31(56)42-21(33(58)59)8-12-25(51)52/h1-4,14,18-21,36H,5-13H2,(H,39,53)(H,40,54)(H,41,55)(H,42,56)(H,45,46)(H,47,48)(H,49,50)(H,51,52)(H,58,59)(H3,35,37,43,44,57)/t18-,19-,20-,21-/m0/s1. The maximum atomic E-state index is 13.5. The number of carboxylic acids is 5. The molecule has 0 aliphatic rings. The Labute approximate surface area is 331 Å². The minimum Gasteiger partial charge on any atom is -0.481 e. The van der Waals surface area contributed by atoms with Crippen LogP contribution in [-0.2, 0) is 44.9 Å². The van der Waals surface area contributed by atoms with Gasteiger partial charge in [-0.2, -0.15) is 4.98 Å². The van der Waals surface area contributed by atoms with E-state index in [1.54, 1.807) is 0 Å². The highest BCUT2D eigenvalue weighted by atomic mass is 16.4. The number of carbonyl (C=O) groups is 9. The number of carbonyl (C=O) groups excluding carboxylic acids is 4. The van der Waals surface area contributed by atoms with E-state index in [1.165, 1.54) is 30.5 Å². The zero-order valence-electron chi connectivity index (χ0n) is 30.8. The van der Waals surface area contributed by atoms with Crippen molar-refractivity contribution in [3.05, 3.63) is 52.1 Å². The van der Waals surface area contributed by atoms with E-state index in [0.29, 0.717) is 11.4 Å². The molecule has 25 heteroatoms. The summed E-state index contributed by atoms with van der Waals surface area (Å²) in [5.74, 6) is -11.8. The largest absolute Gasteiger partial charge is 0.481 e. The highest BCUT2D eigenvalue weighted by Crippen LogP contribution is 2.13. The van der Waals surface area contributed by atoms with Crippen LogP contribution in [-0.4, -0.2) is 123 Å². The molecular formula is C34H40N10O15. The summed E-state index contributed by atoms with van der Waals surface area (Å²) in [4.78, 5) is 136. The minimum absolute atomic E-state index is 0.000145. The van der Waals surface area contributed by atoms with Crippen LogP contribution in [0.25, 0.3) is 11.2 Å². The molecular weight excluding hydrogens is 788 g/mol. The van der Waals surface area contributed by atoms with E-state index in [9.17, 15) is 68.4 Å². The molecule has 13 N–H and O–H groups in total. The summed E-state index contributed by atoms with van der Waals surface area (Å²) in [6, 6.07) is -1.23.